The molecule has 1 aromatic carbocycles. The van der Waals surface area contributed by atoms with Crippen LogP contribution in [0.1, 0.15) is 30.4 Å². The Hall–Kier alpha value is -0.550. The van der Waals surface area contributed by atoms with Gasteiger partial charge >= 0.3 is 0 Å². The molecule has 3 unspecified atom stereocenters. The molecule has 2 saturated heterocycles. The van der Waals surface area contributed by atoms with Crippen molar-refractivity contribution >= 4 is 11.8 Å². The first-order valence-electron chi connectivity index (χ1n) is 7.94. The molecule has 116 valence electrons. The van der Waals surface area contributed by atoms with E-state index in [1.54, 1.807) is 0 Å². The average molecular weight is 306 g/mol. The van der Waals surface area contributed by atoms with Gasteiger partial charge in [-0.3, -0.25) is 11.3 Å². The highest BCUT2D eigenvalue weighted by atomic mass is 32.2. The maximum absolute atomic E-state index is 6.13. The lowest BCUT2D eigenvalue weighted by atomic mass is 9.79. The van der Waals surface area contributed by atoms with Crippen LogP contribution in [0.25, 0.3) is 0 Å². The lowest BCUT2D eigenvalue weighted by molar-refractivity contribution is -0.0850. The molecule has 0 amide bonds. The van der Waals surface area contributed by atoms with Crippen molar-refractivity contribution in [3.8, 4) is 0 Å². The minimum absolute atomic E-state index is 0.134. The first-order valence-corrected chi connectivity index (χ1v) is 9.10. The van der Waals surface area contributed by atoms with E-state index in [-0.39, 0.29) is 5.60 Å². The Balaban J connectivity index is 1.67. The van der Waals surface area contributed by atoms with Crippen LogP contribution in [0, 0.1) is 12.8 Å². The molecule has 21 heavy (non-hydrogen) atoms. The van der Waals surface area contributed by atoms with Crippen LogP contribution in [0.2, 0.25) is 0 Å². The molecule has 2 aliphatic rings. The quantitative estimate of drug-likeness (QED) is 0.663. The summed E-state index contributed by atoms with van der Waals surface area (Å²) in [5.41, 5.74) is 5.91. The van der Waals surface area contributed by atoms with E-state index in [4.69, 9.17) is 10.6 Å². The van der Waals surface area contributed by atoms with E-state index in [9.17, 15) is 0 Å². The monoisotopic (exact) mass is 306 g/mol. The summed E-state index contributed by atoms with van der Waals surface area (Å²) >= 11 is 2.03. The standard InChI is InChI=1S/C17H26N2OS/c1-13-3-2-4-14(9-13)10-16(19-18)15-5-7-20-17(11-15)6-8-21-12-17/h2-4,9,15-16,19H,5-8,10-12,18H2,1H3. The van der Waals surface area contributed by atoms with E-state index in [1.165, 1.54) is 23.3 Å². The second kappa shape index (κ2) is 6.69. The van der Waals surface area contributed by atoms with Gasteiger partial charge in [-0.15, -0.1) is 0 Å². The number of hydrogen-bond donors (Lipinski definition) is 2. The van der Waals surface area contributed by atoms with Gasteiger partial charge in [0.15, 0.2) is 0 Å². The first-order chi connectivity index (χ1) is 10.2. The summed E-state index contributed by atoms with van der Waals surface area (Å²) in [5.74, 6) is 8.89. The summed E-state index contributed by atoms with van der Waals surface area (Å²) in [7, 11) is 0. The molecule has 2 heterocycles. The Bertz CT molecular complexity index is 474. The van der Waals surface area contributed by atoms with Gasteiger partial charge in [-0.25, -0.2) is 0 Å². The minimum Gasteiger partial charge on any atom is -0.374 e. The van der Waals surface area contributed by atoms with Crippen molar-refractivity contribution in [2.75, 3.05) is 18.1 Å². The molecule has 3 nitrogen and oxygen atoms in total. The molecule has 4 heteroatoms. The van der Waals surface area contributed by atoms with Gasteiger partial charge in [0.25, 0.3) is 0 Å². The van der Waals surface area contributed by atoms with Crippen LogP contribution in [0.4, 0.5) is 0 Å². The van der Waals surface area contributed by atoms with Crippen molar-refractivity contribution in [1.29, 1.82) is 0 Å². The third-order valence-electron chi connectivity index (χ3n) is 4.92. The third kappa shape index (κ3) is 3.62. The zero-order chi connectivity index (χ0) is 14.7. The summed E-state index contributed by atoms with van der Waals surface area (Å²) in [6, 6.07) is 9.10. The van der Waals surface area contributed by atoms with E-state index in [2.05, 4.69) is 36.6 Å². The van der Waals surface area contributed by atoms with Crippen molar-refractivity contribution < 1.29 is 4.74 Å². The molecule has 0 bridgehead atoms. The van der Waals surface area contributed by atoms with Crippen LogP contribution in [0.15, 0.2) is 24.3 Å². The number of ether oxygens (including phenoxy) is 1. The fourth-order valence-electron chi connectivity index (χ4n) is 3.73. The summed E-state index contributed by atoms with van der Waals surface area (Å²) < 4.78 is 6.13. The summed E-state index contributed by atoms with van der Waals surface area (Å²) in [4.78, 5) is 0. The lowest BCUT2D eigenvalue weighted by Gasteiger charge is -2.40. The number of nitrogens with two attached hydrogens (primary N) is 1. The maximum atomic E-state index is 6.13. The molecule has 0 aromatic heterocycles. The topological polar surface area (TPSA) is 47.3 Å². The number of rotatable bonds is 4. The molecular formula is C17H26N2OS. The van der Waals surface area contributed by atoms with Gasteiger partial charge in [0.05, 0.1) is 5.60 Å². The highest BCUT2D eigenvalue weighted by Gasteiger charge is 2.42. The van der Waals surface area contributed by atoms with Gasteiger partial charge in [-0.1, -0.05) is 29.8 Å². The summed E-state index contributed by atoms with van der Waals surface area (Å²) in [6.07, 6.45) is 4.48. The molecular weight excluding hydrogens is 280 g/mol. The smallest absolute Gasteiger partial charge is 0.0783 e. The zero-order valence-corrected chi connectivity index (χ0v) is 13.6. The summed E-state index contributed by atoms with van der Waals surface area (Å²) in [5, 5.41) is 0. The largest absolute Gasteiger partial charge is 0.374 e. The molecule has 2 aliphatic heterocycles. The molecule has 3 N–H and O–H groups in total. The SMILES string of the molecule is Cc1cccc(CC(NN)C2CCOC3(CCSC3)C2)c1. The maximum Gasteiger partial charge on any atom is 0.0783 e. The lowest BCUT2D eigenvalue weighted by Crippen LogP contribution is -2.49. The highest BCUT2D eigenvalue weighted by molar-refractivity contribution is 7.99. The second-order valence-corrected chi connectivity index (χ2v) is 7.66. The van der Waals surface area contributed by atoms with Gasteiger partial charge in [0.2, 0.25) is 0 Å². The molecule has 1 aromatic rings. The first kappa shape index (κ1) is 15.3. The second-order valence-electron chi connectivity index (χ2n) is 6.55. The molecule has 0 aliphatic carbocycles. The van der Waals surface area contributed by atoms with Crippen molar-refractivity contribution in [2.24, 2.45) is 11.8 Å². The third-order valence-corrected chi connectivity index (χ3v) is 6.14. The Labute approximate surface area is 132 Å². The molecule has 1 spiro atoms. The van der Waals surface area contributed by atoms with Crippen LogP contribution in [-0.2, 0) is 11.2 Å². The van der Waals surface area contributed by atoms with Crippen LogP contribution < -0.4 is 11.3 Å². The number of hydrazine groups is 1. The normalized spacial score (nSPS) is 30.7. The van der Waals surface area contributed by atoms with E-state index in [0.29, 0.717) is 12.0 Å². The van der Waals surface area contributed by atoms with Gasteiger partial charge < -0.3 is 4.74 Å². The minimum atomic E-state index is 0.134. The molecule has 3 rings (SSSR count). The number of aryl methyl sites for hydroxylation is 1. The predicted octanol–water partition coefficient (Wildman–Crippen LogP) is 2.67. The van der Waals surface area contributed by atoms with Gasteiger partial charge in [0.1, 0.15) is 0 Å². The van der Waals surface area contributed by atoms with Crippen molar-refractivity contribution in [3.05, 3.63) is 35.4 Å². The fraction of sp³-hybridized carbons (Fsp3) is 0.647. The Kier molecular flexibility index (Phi) is 4.89. The average Bonchev–Trinajstić information content (AvgIpc) is 2.92. The highest BCUT2D eigenvalue weighted by Crippen LogP contribution is 2.41. The van der Waals surface area contributed by atoms with E-state index in [1.807, 2.05) is 11.8 Å². The Morgan fingerprint density at radius 3 is 3.14 bits per heavy atom. The van der Waals surface area contributed by atoms with E-state index >= 15 is 0 Å². The van der Waals surface area contributed by atoms with E-state index in [0.717, 1.165) is 31.6 Å². The van der Waals surface area contributed by atoms with E-state index < -0.39 is 0 Å². The molecule has 0 saturated carbocycles. The molecule has 0 radical (unpaired) electrons. The van der Waals surface area contributed by atoms with Gasteiger partial charge in [-0.05, 0) is 49.8 Å². The van der Waals surface area contributed by atoms with Gasteiger partial charge in [0, 0.05) is 18.4 Å². The summed E-state index contributed by atoms with van der Waals surface area (Å²) in [6.45, 7) is 3.03. The Morgan fingerprint density at radius 1 is 1.52 bits per heavy atom. The molecule has 2 fully saturated rings. The van der Waals surface area contributed by atoms with Crippen LogP contribution in [0.5, 0.6) is 0 Å². The zero-order valence-electron chi connectivity index (χ0n) is 12.8. The van der Waals surface area contributed by atoms with Gasteiger partial charge in [-0.2, -0.15) is 11.8 Å². The Morgan fingerprint density at radius 2 is 2.43 bits per heavy atom. The fourth-order valence-corrected chi connectivity index (χ4v) is 5.11. The van der Waals surface area contributed by atoms with Crippen LogP contribution >= 0.6 is 11.8 Å². The number of nitrogens with one attached hydrogen (secondary N) is 1. The van der Waals surface area contributed by atoms with Crippen LogP contribution in [0.3, 0.4) is 0 Å². The predicted molar refractivity (Wildman–Crippen MR) is 89.3 cm³/mol. The number of hydrogen-bond acceptors (Lipinski definition) is 4. The van der Waals surface area contributed by atoms with Crippen molar-refractivity contribution in [3.63, 3.8) is 0 Å². The number of benzene rings is 1. The van der Waals surface area contributed by atoms with Crippen molar-refractivity contribution in [2.45, 2.75) is 44.2 Å². The van der Waals surface area contributed by atoms with Crippen molar-refractivity contribution in [1.82, 2.24) is 5.43 Å². The van der Waals surface area contributed by atoms with Crippen LogP contribution in [-0.4, -0.2) is 29.8 Å². The molecule has 3 atom stereocenters. The number of thioether (sulfide) groups is 1.